The molecule has 0 aromatic rings. The van der Waals surface area contributed by atoms with Gasteiger partial charge in [-0.2, -0.15) is 0 Å². The molecule has 0 unspecified atom stereocenters. The van der Waals surface area contributed by atoms with E-state index in [0.29, 0.717) is 24.5 Å². The van der Waals surface area contributed by atoms with E-state index in [1.165, 1.54) is 0 Å². The molecule has 2 bridgehead atoms. The molecule has 2 aliphatic carbocycles. The molecule has 4 heteroatoms. The molecule has 0 aromatic heterocycles. The average Bonchev–Trinajstić information content (AvgIpc) is 2.51. The van der Waals surface area contributed by atoms with Crippen molar-refractivity contribution in [2.24, 2.45) is 21.9 Å². The van der Waals surface area contributed by atoms with Crippen LogP contribution >= 0.6 is 0 Å². The van der Waals surface area contributed by atoms with Gasteiger partial charge in [-0.1, -0.05) is 19.0 Å². The maximum absolute atomic E-state index is 11.3. The third-order valence-electron chi connectivity index (χ3n) is 4.39. The van der Waals surface area contributed by atoms with Crippen molar-refractivity contribution in [1.29, 1.82) is 0 Å². The van der Waals surface area contributed by atoms with Crippen molar-refractivity contribution < 1.29 is 15.1 Å². The van der Waals surface area contributed by atoms with E-state index in [1.54, 1.807) is 0 Å². The minimum Gasteiger partial charge on any atom is -0.549 e. The Kier molecular flexibility index (Phi) is 1.69. The van der Waals surface area contributed by atoms with Crippen molar-refractivity contribution in [2.45, 2.75) is 33.1 Å². The molecule has 14 heavy (non-hydrogen) atoms. The highest BCUT2D eigenvalue weighted by molar-refractivity contribution is 6.08. The van der Waals surface area contributed by atoms with Crippen LogP contribution in [0.15, 0.2) is 5.16 Å². The zero-order chi connectivity index (χ0) is 10.6. The van der Waals surface area contributed by atoms with E-state index in [9.17, 15) is 9.90 Å². The van der Waals surface area contributed by atoms with Crippen molar-refractivity contribution in [3.63, 3.8) is 0 Å². The van der Waals surface area contributed by atoms with Crippen LogP contribution in [-0.4, -0.2) is 16.9 Å². The average molecular weight is 196 g/mol. The Morgan fingerprint density at radius 1 is 1.64 bits per heavy atom. The van der Waals surface area contributed by atoms with Crippen molar-refractivity contribution in [2.75, 3.05) is 0 Å². The Bertz CT molecular complexity index is 321. The summed E-state index contributed by atoms with van der Waals surface area (Å²) in [5.74, 6) is -0.776. The van der Waals surface area contributed by atoms with Gasteiger partial charge >= 0.3 is 0 Å². The van der Waals surface area contributed by atoms with Gasteiger partial charge in [0.25, 0.3) is 0 Å². The lowest BCUT2D eigenvalue weighted by Crippen LogP contribution is -2.51. The second kappa shape index (κ2) is 2.49. The fourth-order valence-electron chi connectivity index (χ4n) is 3.31. The van der Waals surface area contributed by atoms with Crippen molar-refractivity contribution >= 4 is 11.7 Å². The summed E-state index contributed by atoms with van der Waals surface area (Å²) in [5.41, 5.74) is -0.960. The van der Waals surface area contributed by atoms with Gasteiger partial charge in [0, 0.05) is 0 Å². The number of fused-ring (bicyclic) bond motifs is 2. The first kappa shape index (κ1) is 9.49. The molecule has 78 valence electrons. The van der Waals surface area contributed by atoms with Crippen LogP contribution in [0.5, 0.6) is 0 Å². The molecule has 0 heterocycles. The second-order valence-electron chi connectivity index (χ2n) is 4.90. The molecule has 0 aromatic carbocycles. The molecule has 1 N–H and O–H groups in total. The Balaban J connectivity index is 2.57. The van der Waals surface area contributed by atoms with Gasteiger partial charge in [-0.25, -0.2) is 0 Å². The van der Waals surface area contributed by atoms with E-state index in [1.807, 2.05) is 13.8 Å². The van der Waals surface area contributed by atoms with Gasteiger partial charge in [-0.05, 0) is 30.6 Å². The predicted octanol–water partition coefficient (Wildman–Crippen LogP) is 0.393. The lowest BCUT2D eigenvalue weighted by Gasteiger charge is -2.38. The number of carbonyl (C=O) groups excluding carboxylic acids is 1. The third-order valence-corrected chi connectivity index (χ3v) is 4.39. The Hall–Kier alpha value is -1.06. The lowest BCUT2D eigenvalue weighted by atomic mass is 9.69. The number of hydrogen-bond donors (Lipinski definition) is 1. The fourth-order valence-corrected chi connectivity index (χ4v) is 3.31. The molecular weight excluding hydrogens is 182 g/mol. The minimum atomic E-state index is -1.09. The quantitative estimate of drug-likeness (QED) is 0.487. The summed E-state index contributed by atoms with van der Waals surface area (Å²) in [5, 5.41) is 23.2. The van der Waals surface area contributed by atoms with Crippen molar-refractivity contribution in [3.8, 4) is 0 Å². The van der Waals surface area contributed by atoms with Crippen LogP contribution in [0, 0.1) is 16.7 Å². The Morgan fingerprint density at radius 3 is 2.64 bits per heavy atom. The number of oxime groups is 1. The number of carboxylic acids is 1. The van der Waals surface area contributed by atoms with E-state index in [2.05, 4.69) is 5.16 Å². The van der Waals surface area contributed by atoms with Crippen LogP contribution in [0.1, 0.15) is 33.1 Å². The Labute approximate surface area is 82.6 Å². The first-order valence-electron chi connectivity index (χ1n) is 4.89. The Morgan fingerprint density at radius 2 is 2.29 bits per heavy atom. The van der Waals surface area contributed by atoms with E-state index in [0.717, 1.165) is 6.42 Å². The van der Waals surface area contributed by atoms with Crippen LogP contribution in [0.4, 0.5) is 0 Å². The monoisotopic (exact) mass is 196 g/mol. The summed E-state index contributed by atoms with van der Waals surface area (Å²) in [6, 6.07) is 0. The van der Waals surface area contributed by atoms with Gasteiger partial charge in [0.1, 0.15) is 0 Å². The van der Waals surface area contributed by atoms with Crippen molar-refractivity contribution in [3.05, 3.63) is 0 Å². The molecule has 0 spiro atoms. The summed E-state index contributed by atoms with van der Waals surface area (Å²) < 4.78 is 0. The van der Waals surface area contributed by atoms with E-state index < -0.39 is 11.4 Å². The maximum atomic E-state index is 11.3. The topological polar surface area (TPSA) is 72.7 Å². The fraction of sp³-hybridized carbons (Fsp3) is 0.800. The van der Waals surface area contributed by atoms with Crippen LogP contribution in [-0.2, 0) is 4.79 Å². The molecule has 0 radical (unpaired) electrons. The molecular formula is C10H14NO3-. The van der Waals surface area contributed by atoms with Gasteiger partial charge in [0.2, 0.25) is 0 Å². The van der Waals surface area contributed by atoms with E-state index >= 15 is 0 Å². The summed E-state index contributed by atoms with van der Waals surface area (Å²) >= 11 is 0. The second-order valence-corrected chi connectivity index (χ2v) is 4.90. The van der Waals surface area contributed by atoms with Crippen LogP contribution in [0.25, 0.3) is 0 Å². The van der Waals surface area contributed by atoms with Crippen molar-refractivity contribution in [1.82, 2.24) is 0 Å². The van der Waals surface area contributed by atoms with Gasteiger partial charge in [-0.3, -0.25) is 0 Å². The summed E-state index contributed by atoms with van der Waals surface area (Å²) in [4.78, 5) is 11.3. The SMILES string of the molecule is CC1(C)[C@@H]2CC[C@@]1(C(=O)[O-])/C(=N\O)C2. The normalized spacial score (nSPS) is 41.9. The molecule has 4 nitrogen and oxygen atoms in total. The van der Waals surface area contributed by atoms with Gasteiger partial charge in [-0.15, -0.1) is 0 Å². The summed E-state index contributed by atoms with van der Waals surface area (Å²) in [6.45, 7) is 3.86. The molecule has 0 aliphatic heterocycles. The van der Waals surface area contributed by atoms with E-state index in [-0.39, 0.29) is 5.41 Å². The molecule has 2 fully saturated rings. The number of carbonyl (C=O) groups is 1. The summed E-state index contributed by atoms with van der Waals surface area (Å²) in [7, 11) is 0. The standard InChI is InChI=1S/C10H15NO3/c1-9(2)6-3-4-10(9,8(12)13)7(5-6)11-14/h6,14H,3-5H2,1-2H3,(H,12,13)/p-1/b11-7-/t6-,10+/m1/s1. The number of aliphatic carboxylic acids is 1. The molecule has 2 atom stereocenters. The molecule has 0 saturated heterocycles. The predicted molar refractivity (Wildman–Crippen MR) is 47.8 cm³/mol. The van der Waals surface area contributed by atoms with E-state index in [4.69, 9.17) is 5.21 Å². The lowest BCUT2D eigenvalue weighted by molar-refractivity contribution is -0.318. The molecule has 2 saturated carbocycles. The van der Waals surface area contributed by atoms with Gasteiger partial charge in [0.05, 0.1) is 17.1 Å². The highest BCUT2D eigenvalue weighted by atomic mass is 16.4. The van der Waals surface area contributed by atoms with Gasteiger partial charge < -0.3 is 15.1 Å². The maximum Gasteiger partial charge on any atom is 0.0696 e. The zero-order valence-corrected chi connectivity index (χ0v) is 8.41. The number of carboxylic acid groups (broad SMARTS) is 1. The zero-order valence-electron chi connectivity index (χ0n) is 8.41. The van der Waals surface area contributed by atoms with Crippen LogP contribution < -0.4 is 5.11 Å². The molecule has 0 amide bonds. The molecule has 2 rings (SSSR count). The number of rotatable bonds is 1. The van der Waals surface area contributed by atoms with Crippen LogP contribution in [0.3, 0.4) is 0 Å². The minimum absolute atomic E-state index is 0.311. The number of nitrogens with zero attached hydrogens (tertiary/aromatic N) is 1. The molecule has 2 aliphatic rings. The number of hydrogen-bond acceptors (Lipinski definition) is 4. The van der Waals surface area contributed by atoms with Crippen LogP contribution in [0.2, 0.25) is 0 Å². The first-order chi connectivity index (χ1) is 6.46. The largest absolute Gasteiger partial charge is 0.549 e. The smallest absolute Gasteiger partial charge is 0.0696 e. The summed E-state index contributed by atoms with van der Waals surface area (Å²) in [6.07, 6.45) is 2.03. The first-order valence-corrected chi connectivity index (χ1v) is 4.89. The van der Waals surface area contributed by atoms with Gasteiger partial charge in [0.15, 0.2) is 0 Å². The third kappa shape index (κ3) is 0.751. The highest BCUT2D eigenvalue weighted by Gasteiger charge is 2.63. The highest BCUT2D eigenvalue weighted by Crippen LogP contribution is 2.63.